The second-order valence-electron chi connectivity index (χ2n) is 10.4. The molecule has 6 heteroatoms. The number of aromatic carboxylic acids is 1. The molecule has 33 heavy (non-hydrogen) atoms. The van der Waals surface area contributed by atoms with Crippen LogP contribution in [0.25, 0.3) is 5.57 Å². The lowest BCUT2D eigenvalue weighted by molar-refractivity contribution is -0.142. The Bertz CT molecular complexity index is 1010. The van der Waals surface area contributed by atoms with E-state index in [-0.39, 0.29) is 23.0 Å². The van der Waals surface area contributed by atoms with E-state index in [4.69, 9.17) is 9.47 Å². The number of nitrogens with zero attached hydrogens (tertiary/aromatic N) is 1. The monoisotopic (exact) mass is 451 g/mol. The molecule has 0 radical (unpaired) electrons. The molecule has 1 saturated carbocycles. The standard InChI is InChI=1S/C27H33NO5/c1-26(9-7-18(8-10-26)20-16-19(25(30)31)5-6-21(20)32-2)23-17-27(23)11-13-28(14-12-27)24(29)22-4-3-15-33-22/h5-9,16,22-23H,3-4,10-15,17H2,1-2H3,(H,30,31)/t22-,23-,26?/m1/s1. The Kier molecular flexibility index (Phi) is 5.60. The Balaban J connectivity index is 1.24. The predicted octanol–water partition coefficient (Wildman–Crippen LogP) is 4.55. The number of ether oxygens (including phenoxy) is 2. The van der Waals surface area contributed by atoms with Crippen molar-refractivity contribution in [1.29, 1.82) is 0 Å². The van der Waals surface area contributed by atoms with Crippen LogP contribution in [0.3, 0.4) is 0 Å². The lowest BCUT2D eigenvalue weighted by atomic mass is 9.72. The van der Waals surface area contributed by atoms with Crippen molar-refractivity contribution in [2.24, 2.45) is 16.7 Å². The smallest absolute Gasteiger partial charge is 0.335 e. The van der Waals surface area contributed by atoms with E-state index in [2.05, 4.69) is 25.2 Å². The van der Waals surface area contributed by atoms with Crippen molar-refractivity contribution in [1.82, 2.24) is 4.90 Å². The van der Waals surface area contributed by atoms with E-state index in [1.54, 1.807) is 25.3 Å². The SMILES string of the molecule is COc1ccc(C(=O)O)cc1C1=CCC(C)([C@H]2CC23CCN(C(=O)[C@H]2CCCO2)CC3)C=C1. The first-order valence-electron chi connectivity index (χ1n) is 12.1. The largest absolute Gasteiger partial charge is 0.496 e. The van der Waals surface area contributed by atoms with Gasteiger partial charge in [-0.15, -0.1) is 0 Å². The number of carboxylic acids is 1. The number of hydrogen-bond donors (Lipinski definition) is 1. The molecule has 1 unspecified atom stereocenters. The molecule has 5 rings (SSSR count). The fourth-order valence-electron chi connectivity index (χ4n) is 6.25. The van der Waals surface area contributed by atoms with Gasteiger partial charge < -0.3 is 19.5 Å². The summed E-state index contributed by atoms with van der Waals surface area (Å²) in [7, 11) is 1.61. The summed E-state index contributed by atoms with van der Waals surface area (Å²) in [6.45, 7) is 4.73. The Morgan fingerprint density at radius 3 is 2.64 bits per heavy atom. The lowest BCUT2D eigenvalue weighted by Gasteiger charge is -2.37. The van der Waals surface area contributed by atoms with Crippen LogP contribution in [-0.4, -0.2) is 54.8 Å². The Morgan fingerprint density at radius 1 is 1.24 bits per heavy atom. The average Bonchev–Trinajstić information content (AvgIpc) is 3.27. The zero-order valence-corrected chi connectivity index (χ0v) is 19.5. The van der Waals surface area contributed by atoms with Gasteiger partial charge in [-0.05, 0) is 79.0 Å². The van der Waals surface area contributed by atoms with Crippen LogP contribution in [0.2, 0.25) is 0 Å². The normalized spacial score (nSPS) is 30.2. The summed E-state index contributed by atoms with van der Waals surface area (Å²) in [5.41, 5.74) is 2.53. The first kappa shape index (κ1) is 22.2. The van der Waals surface area contributed by atoms with Crippen LogP contribution in [0, 0.1) is 16.7 Å². The number of rotatable bonds is 5. The average molecular weight is 452 g/mol. The summed E-state index contributed by atoms with van der Waals surface area (Å²) in [4.78, 5) is 26.2. The summed E-state index contributed by atoms with van der Waals surface area (Å²) < 4.78 is 11.1. The van der Waals surface area contributed by atoms with E-state index in [1.165, 1.54) is 6.42 Å². The molecular formula is C27H33NO5. The number of allylic oxidation sites excluding steroid dienone is 4. The molecule has 2 aliphatic heterocycles. The predicted molar refractivity (Wildman–Crippen MR) is 125 cm³/mol. The van der Waals surface area contributed by atoms with Crippen LogP contribution < -0.4 is 4.74 Å². The van der Waals surface area contributed by atoms with Gasteiger partial charge in [-0.2, -0.15) is 0 Å². The highest BCUT2D eigenvalue weighted by atomic mass is 16.5. The second kappa shape index (κ2) is 8.32. The maximum Gasteiger partial charge on any atom is 0.335 e. The summed E-state index contributed by atoms with van der Waals surface area (Å²) in [5, 5.41) is 9.38. The minimum atomic E-state index is -0.937. The third-order valence-electron chi connectivity index (χ3n) is 8.42. The highest BCUT2D eigenvalue weighted by Gasteiger charge is 2.61. The van der Waals surface area contributed by atoms with Gasteiger partial charge in [-0.3, -0.25) is 4.79 Å². The maximum absolute atomic E-state index is 12.7. The number of carbonyl (C=O) groups excluding carboxylic acids is 1. The maximum atomic E-state index is 12.7. The van der Waals surface area contributed by atoms with Gasteiger partial charge in [0.2, 0.25) is 0 Å². The molecule has 176 valence electrons. The Morgan fingerprint density at radius 2 is 2.03 bits per heavy atom. The molecule has 4 aliphatic rings. The van der Waals surface area contributed by atoms with Crippen molar-refractivity contribution in [2.75, 3.05) is 26.8 Å². The molecule has 0 aromatic heterocycles. The third-order valence-corrected chi connectivity index (χ3v) is 8.42. The lowest BCUT2D eigenvalue weighted by Crippen LogP contribution is -2.44. The van der Waals surface area contributed by atoms with Crippen LogP contribution in [-0.2, 0) is 9.53 Å². The van der Waals surface area contributed by atoms with Crippen LogP contribution in [0.5, 0.6) is 5.75 Å². The molecule has 1 amide bonds. The molecular weight excluding hydrogens is 418 g/mol. The van der Waals surface area contributed by atoms with Crippen LogP contribution in [0.1, 0.15) is 61.4 Å². The highest BCUT2D eigenvalue weighted by Crippen LogP contribution is 2.68. The van der Waals surface area contributed by atoms with Crippen molar-refractivity contribution in [2.45, 2.75) is 51.6 Å². The van der Waals surface area contributed by atoms with E-state index in [1.807, 2.05) is 4.90 Å². The minimum Gasteiger partial charge on any atom is -0.496 e. The molecule has 1 N–H and O–H groups in total. The summed E-state index contributed by atoms with van der Waals surface area (Å²) in [6.07, 6.45) is 12.6. The van der Waals surface area contributed by atoms with Crippen molar-refractivity contribution in [3.63, 3.8) is 0 Å². The summed E-state index contributed by atoms with van der Waals surface area (Å²) >= 11 is 0. The molecule has 2 heterocycles. The zero-order valence-electron chi connectivity index (χ0n) is 19.5. The van der Waals surface area contributed by atoms with Crippen molar-refractivity contribution in [3.8, 4) is 5.75 Å². The number of methoxy groups -OCH3 is 1. The number of likely N-dealkylation sites (tertiary alicyclic amines) is 1. The van der Waals surface area contributed by atoms with Gasteiger partial charge in [0.15, 0.2) is 0 Å². The third kappa shape index (κ3) is 3.99. The molecule has 2 saturated heterocycles. The minimum absolute atomic E-state index is 0.0852. The van der Waals surface area contributed by atoms with Crippen molar-refractivity contribution >= 4 is 17.4 Å². The molecule has 3 atom stereocenters. The molecule has 2 aliphatic carbocycles. The van der Waals surface area contributed by atoms with Crippen LogP contribution in [0.15, 0.2) is 36.4 Å². The Labute approximate surface area is 195 Å². The molecule has 6 nitrogen and oxygen atoms in total. The van der Waals surface area contributed by atoms with Gasteiger partial charge >= 0.3 is 5.97 Å². The van der Waals surface area contributed by atoms with Crippen LogP contribution in [0.4, 0.5) is 0 Å². The Hall–Kier alpha value is -2.60. The highest BCUT2D eigenvalue weighted by molar-refractivity contribution is 5.91. The number of amides is 1. The number of carbonyl (C=O) groups is 2. The van der Waals surface area contributed by atoms with E-state index in [9.17, 15) is 14.7 Å². The zero-order chi connectivity index (χ0) is 23.2. The van der Waals surface area contributed by atoms with E-state index < -0.39 is 5.97 Å². The molecule has 3 fully saturated rings. The fourth-order valence-corrected chi connectivity index (χ4v) is 6.25. The summed E-state index contributed by atoms with van der Waals surface area (Å²) in [6, 6.07) is 4.99. The quantitative estimate of drug-likeness (QED) is 0.711. The van der Waals surface area contributed by atoms with Gasteiger partial charge in [-0.1, -0.05) is 25.2 Å². The second-order valence-corrected chi connectivity index (χ2v) is 10.4. The van der Waals surface area contributed by atoms with E-state index >= 15 is 0 Å². The molecule has 1 aromatic rings. The van der Waals surface area contributed by atoms with Crippen molar-refractivity contribution < 1.29 is 24.2 Å². The van der Waals surface area contributed by atoms with Gasteiger partial charge in [0.05, 0.1) is 12.7 Å². The van der Waals surface area contributed by atoms with E-state index in [0.29, 0.717) is 23.7 Å². The first-order chi connectivity index (χ1) is 15.8. The molecule has 0 bridgehead atoms. The van der Waals surface area contributed by atoms with Gasteiger partial charge in [0.1, 0.15) is 11.9 Å². The number of carboxylic acid groups (broad SMARTS) is 1. The van der Waals surface area contributed by atoms with Crippen molar-refractivity contribution in [3.05, 3.63) is 47.6 Å². The van der Waals surface area contributed by atoms with Gasteiger partial charge in [0, 0.05) is 25.3 Å². The van der Waals surface area contributed by atoms with Crippen LogP contribution >= 0.6 is 0 Å². The van der Waals surface area contributed by atoms with Gasteiger partial charge in [0.25, 0.3) is 5.91 Å². The molecule has 1 spiro atoms. The molecule has 1 aromatic carbocycles. The number of piperidine rings is 1. The van der Waals surface area contributed by atoms with E-state index in [0.717, 1.165) is 56.3 Å². The topological polar surface area (TPSA) is 76.1 Å². The first-order valence-corrected chi connectivity index (χ1v) is 12.1. The summed E-state index contributed by atoms with van der Waals surface area (Å²) in [5.74, 6) is 0.554. The van der Waals surface area contributed by atoms with Gasteiger partial charge in [-0.25, -0.2) is 4.79 Å². The fraction of sp³-hybridized carbons (Fsp3) is 0.556. The number of hydrogen-bond acceptors (Lipinski definition) is 4. The number of benzene rings is 1.